The van der Waals surface area contributed by atoms with Crippen LogP contribution in [0.1, 0.15) is 85.9 Å². The fraction of sp³-hybridized carbons (Fsp3) is 0.447. The van der Waals surface area contributed by atoms with Gasteiger partial charge < -0.3 is 29.2 Å². The van der Waals surface area contributed by atoms with Crippen molar-refractivity contribution in [3.8, 4) is 22.9 Å². The number of ketones is 1. The first-order chi connectivity index (χ1) is 32.0. The average molecular weight is 941 g/mol. The first-order valence-corrected chi connectivity index (χ1v) is 23.0. The Morgan fingerprint density at radius 2 is 1.69 bits per heavy atom. The van der Waals surface area contributed by atoms with E-state index in [9.17, 15) is 20.2 Å². The summed E-state index contributed by atoms with van der Waals surface area (Å²) < 4.78 is 41.8. The van der Waals surface area contributed by atoms with Gasteiger partial charge >= 0.3 is 6.16 Å². The number of carbonyl (C=O) groups excluding carboxylic acids is 2. The number of nitrogens with zero attached hydrogens (tertiary/aromatic N) is 7. The van der Waals surface area contributed by atoms with Crippen LogP contribution in [0.3, 0.4) is 0 Å². The molecule has 1 saturated heterocycles. The van der Waals surface area contributed by atoms with Gasteiger partial charge in [0.15, 0.2) is 18.1 Å². The third kappa shape index (κ3) is 11.5. The second-order valence-electron chi connectivity index (χ2n) is 17.6. The van der Waals surface area contributed by atoms with Crippen molar-refractivity contribution in [3.63, 3.8) is 0 Å². The summed E-state index contributed by atoms with van der Waals surface area (Å²) in [6, 6.07) is 24.6. The van der Waals surface area contributed by atoms with Crippen LogP contribution in [0.2, 0.25) is 0 Å². The highest BCUT2D eigenvalue weighted by Gasteiger charge is 2.64. The summed E-state index contributed by atoms with van der Waals surface area (Å²) in [6.45, 7) is 13.7. The number of Topliss-reactive ketones (excluding diaryl/α,β-unsaturated/α-hetero) is 1. The molecule has 5 aromatic rings. The molecule has 0 aliphatic carbocycles. The number of para-hydroxylation sites is 1. The van der Waals surface area contributed by atoms with E-state index in [0.29, 0.717) is 22.5 Å². The Hall–Kier alpha value is -6.13. The fourth-order valence-electron chi connectivity index (χ4n) is 8.13. The molecule has 20 heteroatoms. The molecule has 3 unspecified atom stereocenters. The second kappa shape index (κ2) is 22.1. The number of nitrogen functional groups attached to an aromatic ring is 1. The molecule has 0 amide bonds. The normalized spacial score (nSPS) is 18.1. The quantitative estimate of drug-likeness (QED) is 0.0180. The van der Waals surface area contributed by atoms with E-state index in [2.05, 4.69) is 15.0 Å². The minimum absolute atomic E-state index is 0.0337. The number of ether oxygens (including phenoxy) is 4. The van der Waals surface area contributed by atoms with E-state index in [1.54, 1.807) is 74.7 Å². The van der Waals surface area contributed by atoms with Gasteiger partial charge in [0.25, 0.3) is 14.2 Å². The summed E-state index contributed by atoms with van der Waals surface area (Å²) in [5.41, 5.74) is 5.05. The van der Waals surface area contributed by atoms with Crippen molar-refractivity contribution >= 4 is 43.1 Å². The van der Waals surface area contributed by atoms with Gasteiger partial charge in [-0.05, 0) is 63.1 Å². The second-order valence-corrected chi connectivity index (χ2v) is 18.9. The molecule has 1 aliphatic heterocycles. The summed E-state index contributed by atoms with van der Waals surface area (Å²) in [6.07, 6.45) is -1.84. The van der Waals surface area contributed by atoms with Crippen molar-refractivity contribution in [1.29, 1.82) is 5.26 Å². The first-order valence-electron chi connectivity index (χ1n) is 21.9. The predicted octanol–water partition coefficient (Wildman–Crippen LogP) is 9.25. The molecule has 6 rings (SSSR count). The largest absolute Gasteiger partial charge is 0.509 e. The predicted molar refractivity (Wildman–Crippen MR) is 248 cm³/mol. The van der Waals surface area contributed by atoms with Crippen LogP contribution in [0.4, 0.5) is 16.3 Å². The van der Waals surface area contributed by atoms with Gasteiger partial charge in [0.2, 0.25) is 11.4 Å². The molecule has 356 valence electrons. The topological polar surface area (TPSA) is 239 Å². The Morgan fingerprint density at radius 1 is 1.00 bits per heavy atom. The van der Waals surface area contributed by atoms with Crippen molar-refractivity contribution in [2.24, 2.45) is 5.41 Å². The van der Waals surface area contributed by atoms with E-state index >= 15 is 4.79 Å². The molecule has 0 spiro atoms. The number of hydrogen-bond acceptors (Lipinski definition) is 17. The fourth-order valence-corrected chi connectivity index (χ4v) is 9.70. The molecule has 2 aromatic heterocycles. The minimum atomic E-state index is -2.24. The minimum Gasteiger partial charge on any atom is -0.486 e. The van der Waals surface area contributed by atoms with Gasteiger partial charge in [0.1, 0.15) is 42.6 Å². The van der Waals surface area contributed by atoms with Gasteiger partial charge in [0, 0.05) is 41.5 Å². The number of nitrogens with two attached hydrogens (primary N) is 1. The summed E-state index contributed by atoms with van der Waals surface area (Å²) in [5.74, 6) is -0.881. The lowest BCUT2D eigenvalue weighted by Crippen LogP contribution is -2.65. The van der Waals surface area contributed by atoms with E-state index in [1.807, 2.05) is 68.8 Å². The number of imidazole rings is 1. The summed E-state index contributed by atoms with van der Waals surface area (Å²) in [4.78, 5) is 60.0. The molecular weight excluding hydrogens is 884 g/mol. The number of nitro groups is 1. The van der Waals surface area contributed by atoms with Gasteiger partial charge in [-0.1, -0.05) is 76.2 Å². The smallest absolute Gasteiger partial charge is 0.486 e. The number of benzene rings is 3. The Balaban J connectivity index is 1.42. The number of hydrogen-bond donors (Lipinski definition) is 1. The monoisotopic (exact) mass is 940 g/mol. The van der Waals surface area contributed by atoms with Crippen LogP contribution in [-0.4, -0.2) is 90.8 Å². The maximum absolute atomic E-state index is 15.3. The highest BCUT2D eigenvalue weighted by Crippen LogP contribution is 2.54. The van der Waals surface area contributed by atoms with Crippen molar-refractivity contribution in [1.82, 2.24) is 24.2 Å². The van der Waals surface area contributed by atoms with Crippen molar-refractivity contribution in [2.75, 3.05) is 25.6 Å². The van der Waals surface area contributed by atoms with Gasteiger partial charge in [0.05, 0.1) is 30.3 Å². The zero-order chi connectivity index (χ0) is 48.5. The lowest BCUT2D eigenvalue weighted by atomic mass is 9.69. The number of anilines is 1. The number of nitro benzene ring substituents is 1. The van der Waals surface area contributed by atoms with Crippen LogP contribution in [0.5, 0.6) is 5.75 Å². The van der Waals surface area contributed by atoms with E-state index in [-0.39, 0.29) is 49.6 Å². The highest BCUT2D eigenvalue weighted by molar-refractivity contribution is 7.44. The third-order valence-corrected chi connectivity index (χ3v) is 13.2. The van der Waals surface area contributed by atoms with Crippen LogP contribution >= 0.6 is 8.53 Å². The van der Waals surface area contributed by atoms with Crippen LogP contribution in [-0.2, 0) is 33.1 Å². The zero-order valence-corrected chi connectivity index (χ0v) is 39.7. The van der Waals surface area contributed by atoms with Crippen molar-refractivity contribution in [3.05, 3.63) is 107 Å². The lowest BCUT2D eigenvalue weighted by molar-refractivity contribution is -0.385. The number of aromatic nitrogens is 4. The molecule has 0 radical (unpaired) electrons. The SMILES string of the molecule is CC(COC(=O)OC(C(=O)COc1ccccc1)([C@H]1O[C@@H](n2cnc3c(N)ncnc32)C[C@@H]1OP(OOCCC#N)N(C(C)C)C(C)C)C(C)(C)C)c1cc(-c2ccccc2)ccc1[N+](=O)[O-]. The molecule has 0 saturated carbocycles. The van der Waals surface area contributed by atoms with Crippen molar-refractivity contribution < 1.29 is 47.5 Å². The molecule has 2 N–H and O–H groups in total. The molecule has 0 bridgehead atoms. The Labute approximate surface area is 390 Å². The maximum atomic E-state index is 15.3. The van der Waals surface area contributed by atoms with E-state index in [4.69, 9.17) is 38.8 Å². The maximum Gasteiger partial charge on any atom is 0.509 e. The molecule has 1 fully saturated rings. The molecule has 67 heavy (non-hydrogen) atoms. The molecule has 3 aromatic carbocycles. The zero-order valence-electron chi connectivity index (χ0n) is 38.8. The number of fused-ring (bicyclic) bond motifs is 1. The molecule has 3 heterocycles. The van der Waals surface area contributed by atoms with Crippen molar-refractivity contribution in [2.45, 2.75) is 110 Å². The summed E-state index contributed by atoms with van der Waals surface area (Å²) in [5, 5.41) is 21.5. The first kappa shape index (κ1) is 50.3. The lowest BCUT2D eigenvalue weighted by Gasteiger charge is -2.47. The van der Waals surface area contributed by atoms with Gasteiger partial charge in [-0.3, -0.25) is 19.5 Å². The van der Waals surface area contributed by atoms with Crippen LogP contribution in [0.15, 0.2) is 91.5 Å². The van der Waals surface area contributed by atoms with E-state index < -0.39 is 67.4 Å². The highest BCUT2D eigenvalue weighted by atomic mass is 31.2. The van der Waals surface area contributed by atoms with Gasteiger partial charge in [-0.2, -0.15) is 9.94 Å². The molecular formula is C47H57N8O11P. The van der Waals surface area contributed by atoms with Crippen LogP contribution in [0, 0.1) is 26.9 Å². The standard InChI is InChI=1S/C47H57N8O11P/c1-30(2)54(31(3)4)67(66-62-23-15-22-48)65-38-25-40(53-29-52-41-43(49)50-28-51-44(41)53)63-42(38)47(46(6,7)8,39(56)27-60-35-18-13-10-14-19-35)64-45(57)61-26-32(5)36-24-34(20-21-37(36)55(58)59)33-16-11-9-12-17-33/h9-14,16-21,24,28-32,38,40,42H,15,23,25-27H2,1-8H3,(H2,49,50,51)/t32?,38-,40+,42-,47?,67?/m0/s1. The number of carbonyl (C=O) groups is 2. The summed E-state index contributed by atoms with van der Waals surface area (Å²) >= 11 is 0. The van der Waals surface area contributed by atoms with Gasteiger partial charge in [-0.15, -0.1) is 0 Å². The van der Waals surface area contributed by atoms with Gasteiger partial charge in [-0.25, -0.2) is 29.3 Å². The molecule has 1 aliphatic rings. The number of nitriles is 1. The van der Waals surface area contributed by atoms with E-state index in [0.717, 1.165) is 11.1 Å². The third-order valence-electron chi connectivity index (χ3n) is 11.3. The van der Waals surface area contributed by atoms with Crippen LogP contribution < -0.4 is 10.5 Å². The Kier molecular flexibility index (Phi) is 16.6. The molecule has 6 atom stereocenters. The average Bonchev–Trinajstić information content (AvgIpc) is 3.93. The molecule has 19 nitrogen and oxygen atoms in total. The van der Waals surface area contributed by atoms with E-state index in [1.165, 1.54) is 18.7 Å². The number of rotatable bonds is 21. The van der Waals surface area contributed by atoms with Crippen LogP contribution in [0.25, 0.3) is 22.3 Å². The Bertz CT molecular complexity index is 2510. The summed E-state index contributed by atoms with van der Waals surface area (Å²) in [7, 11) is -2.13. The Morgan fingerprint density at radius 3 is 2.33 bits per heavy atom.